The molecule has 1 heterocycles. The second-order valence-electron chi connectivity index (χ2n) is 7.14. The number of Topliss-reactive ketones (excluding diaryl/α,β-unsaturated/α-hetero) is 1. The molecule has 1 fully saturated rings. The van der Waals surface area contributed by atoms with Gasteiger partial charge in [-0.05, 0) is 49.4 Å². The van der Waals surface area contributed by atoms with Crippen molar-refractivity contribution in [1.82, 2.24) is 0 Å². The van der Waals surface area contributed by atoms with Crippen molar-refractivity contribution in [2.45, 2.75) is 13.0 Å². The molecule has 3 aromatic rings. The first-order valence-electron chi connectivity index (χ1n) is 10.0. The van der Waals surface area contributed by atoms with Gasteiger partial charge >= 0.3 is 0 Å². The van der Waals surface area contributed by atoms with Crippen LogP contribution < -0.4 is 9.64 Å². The first-order chi connectivity index (χ1) is 15.4. The van der Waals surface area contributed by atoms with Crippen LogP contribution in [0.5, 0.6) is 11.5 Å². The number of carbonyl (C=O) groups excluding carboxylic acids is 2. The Morgan fingerprint density at radius 1 is 1.00 bits per heavy atom. The van der Waals surface area contributed by atoms with E-state index in [9.17, 15) is 24.2 Å². The van der Waals surface area contributed by atoms with E-state index in [4.69, 9.17) is 4.74 Å². The van der Waals surface area contributed by atoms with E-state index in [0.717, 1.165) is 4.90 Å². The molecule has 1 aliphatic heterocycles. The second kappa shape index (κ2) is 8.55. The zero-order valence-corrected chi connectivity index (χ0v) is 17.2. The van der Waals surface area contributed by atoms with Crippen LogP contribution in [0.1, 0.15) is 24.1 Å². The number of carbonyl (C=O) groups is 2. The molecular formula is C25H20FNO5. The molecule has 1 saturated heterocycles. The summed E-state index contributed by atoms with van der Waals surface area (Å²) >= 11 is 0. The summed E-state index contributed by atoms with van der Waals surface area (Å²) in [6.45, 7) is 2.30. The van der Waals surface area contributed by atoms with E-state index >= 15 is 0 Å². The minimum Gasteiger partial charge on any atom is -0.507 e. The minimum absolute atomic E-state index is 0.0161. The molecule has 0 aliphatic carbocycles. The van der Waals surface area contributed by atoms with Crippen molar-refractivity contribution < 1.29 is 28.9 Å². The fourth-order valence-electron chi connectivity index (χ4n) is 3.77. The first-order valence-corrected chi connectivity index (χ1v) is 10.0. The number of aliphatic hydroxyl groups excluding tert-OH is 1. The lowest BCUT2D eigenvalue weighted by atomic mass is 9.94. The number of phenolic OH excluding ortho intramolecular Hbond substituents is 1. The number of ether oxygens (including phenoxy) is 1. The van der Waals surface area contributed by atoms with Crippen molar-refractivity contribution in [3.63, 3.8) is 0 Å². The highest BCUT2D eigenvalue weighted by Crippen LogP contribution is 2.45. The number of aliphatic hydroxyl groups is 1. The Morgan fingerprint density at radius 2 is 1.66 bits per heavy atom. The van der Waals surface area contributed by atoms with Gasteiger partial charge in [-0.25, -0.2) is 4.39 Å². The number of aromatic hydroxyl groups is 1. The number of anilines is 1. The van der Waals surface area contributed by atoms with Crippen molar-refractivity contribution in [2.75, 3.05) is 11.5 Å². The molecule has 1 atom stereocenters. The quantitative estimate of drug-likeness (QED) is 0.350. The van der Waals surface area contributed by atoms with Gasteiger partial charge in [0, 0.05) is 11.1 Å². The molecule has 6 nitrogen and oxygen atoms in total. The van der Waals surface area contributed by atoms with Gasteiger partial charge in [-0.3, -0.25) is 14.5 Å². The fraction of sp³-hybridized carbons (Fsp3) is 0.120. The lowest BCUT2D eigenvalue weighted by molar-refractivity contribution is -0.132. The van der Waals surface area contributed by atoms with Crippen LogP contribution in [0.4, 0.5) is 10.1 Å². The number of rotatable bonds is 5. The van der Waals surface area contributed by atoms with Gasteiger partial charge in [0.05, 0.1) is 23.9 Å². The summed E-state index contributed by atoms with van der Waals surface area (Å²) in [5.74, 6) is -2.74. The molecule has 32 heavy (non-hydrogen) atoms. The molecule has 2 N–H and O–H groups in total. The zero-order chi connectivity index (χ0) is 22.8. The molecular weight excluding hydrogens is 413 g/mol. The van der Waals surface area contributed by atoms with Gasteiger partial charge in [-0.1, -0.05) is 30.3 Å². The summed E-state index contributed by atoms with van der Waals surface area (Å²) in [6, 6.07) is 16.7. The van der Waals surface area contributed by atoms with Gasteiger partial charge in [0.2, 0.25) is 0 Å². The summed E-state index contributed by atoms with van der Waals surface area (Å²) < 4.78 is 20.2. The summed E-state index contributed by atoms with van der Waals surface area (Å²) in [5, 5.41) is 21.4. The summed E-state index contributed by atoms with van der Waals surface area (Å²) in [6.07, 6.45) is 0. The SMILES string of the molecule is CCOc1ccc(/C(O)=C2\C(=O)C(=O)N(c3ccccc3O)C2c2ccccc2F)cc1. The molecule has 162 valence electrons. The third kappa shape index (κ3) is 3.58. The maximum absolute atomic E-state index is 14.8. The molecule has 0 spiro atoms. The summed E-state index contributed by atoms with van der Waals surface area (Å²) in [5.41, 5.74) is 0.0497. The average Bonchev–Trinajstić information content (AvgIpc) is 3.05. The Morgan fingerprint density at radius 3 is 2.31 bits per heavy atom. The Kier molecular flexibility index (Phi) is 5.64. The largest absolute Gasteiger partial charge is 0.507 e. The van der Waals surface area contributed by atoms with Crippen LogP contribution in [0.2, 0.25) is 0 Å². The standard InChI is InChI=1S/C25H20FNO5/c1-2-32-16-13-11-15(12-14-16)23(29)21-22(17-7-3-4-8-18(17)26)27(25(31)24(21)30)19-9-5-6-10-20(19)28/h3-14,22,28-29H,2H2,1H3/b23-21+. The zero-order valence-electron chi connectivity index (χ0n) is 17.2. The van der Waals surface area contributed by atoms with E-state index in [1.807, 2.05) is 6.92 Å². The van der Waals surface area contributed by atoms with E-state index in [0.29, 0.717) is 12.4 Å². The normalized spacial score (nSPS) is 17.6. The Labute approximate surface area is 183 Å². The van der Waals surface area contributed by atoms with Crippen LogP contribution in [0.15, 0.2) is 78.4 Å². The van der Waals surface area contributed by atoms with E-state index in [-0.39, 0.29) is 28.1 Å². The smallest absolute Gasteiger partial charge is 0.300 e. The monoisotopic (exact) mass is 433 g/mol. The third-order valence-electron chi connectivity index (χ3n) is 5.22. The number of halogens is 1. The molecule has 0 aromatic heterocycles. The number of ketones is 1. The Bertz CT molecular complexity index is 1220. The fourth-order valence-corrected chi connectivity index (χ4v) is 3.77. The number of amides is 1. The Hall–Kier alpha value is -4.13. The van der Waals surface area contributed by atoms with Crippen molar-refractivity contribution in [3.05, 3.63) is 95.3 Å². The summed E-state index contributed by atoms with van der Waals surface area (Å²) in [7, 11) is 0. The van der Waals surface area contributed by atoms with Crippen LogP contribution in [-0.4, -0.2) is 28.5 Å². The number of hydrogen-bond acceptors (Lipinski definition) is 5. The van der Waals surface area contributed by atoms with Gasteiger partial charge in [0.15, 0.2) is 0 Å². The van der Waals surface area contributed by atoms with Crippen molar-refractivity contribution in [2.24, 2.45) is 0 Å². The topological polar surface area (TPSA) is 87.1 Å². The van der Waals surface area contributed by atoms with Crippen molar-refractivity contribution >= 4 is 23.1 Å². The minimum atomic E-state index is -1.27. The van der Waals surface area contributed by atoms with Gasteiger partial charge in [0.1, 0.15) is 23.1 Å². The van der Waals surface area contributed by atoms with Crippen molar-refractivity contribution in [3.8, 4) is 11.5 Å². The van der Waals surface area contributed by atoms with E-state index in [1.54, 1.807) is 42.5 Å². The number of phenols is 1. The number of para-hydroxylation sites is 2. The summed E-state index contributed by atoms with van der Waals surface area (Å²) in [4.78, 5) is 27.1. The van der Waals surface area contributed by atoms with Gasteiger partial charge < -0.3 is 14.9 Å². The van der Waals surface area contributed by atoms with Crippen LogP contribution in [0, 0.1) is 5.82 Å². The molecule has 7 heteroatoms. The molecule has 1 amide bonds. The van der Waals surface area contributed by atoms with Crippen LogP contribution in [-0.2, 0) is 9.59 Å². The molecule has 0 radical (unpaired) electrons. The predicted octanol–water partition coefficient (Wildman–Crippen LogP) is 4.56. The molecule has 0 bridgehead atoms. The predicted molar refractivity (Wildman–Crippen MR) is 117 cm³/mol. The van der Waals surface area contributed by atoms with Crippen LogP contribution in [0.25, 0.3) is 5.76 Å². The van der Waals surface area contributed by atoms with E-state index in [2.05, 4.69) is 0 Å². The van der Waals surface area contributed by atoms with Crippen molar-refractivity contribution in [1.29, 1.82) is 0 Å². The highest BCUT2D eigenvalue weighted by Gasteiger charge is 2.48. The molecule has 3 aromatic carbocycles. The van der Waals surface area contributed by atoms with E-state index < -0.39 is 29.3 Å². The highest BCUT2D eigenvalue weighted by molar-refractivity contribution is 6.51. The highest BCUT2D eigenvalue weighted by atomic mass is 19.1. The van der Waals surface area contributed by atoms with Gasteiger partial charge in [0.25, 0.3) is 11.7 Å². The average molecular weight is 433 g/mol. The second-order valence-corrected chi connectivity index (χ2v) is 7.14. The maximum Gasteiger partial charge on any atom is 0.300 e. The maximum atomic E-state index is 14.8. The molecule has 4 rings (SSSR count). The molecule has 1 aliphatic rings. The lowest BCUT2D eigenvalue weighted by Crippen LogP contribution is -2.29. The van der Waals surface area contributed by atoms with Gasteiger partial charge in [-0.15, -0.1) is 0 Å². The Balaban J connectivity index is 1.93. The van der Waals surface area contributed by atoms with Crippen LogP contribution >= 0.6 is 0 Å². The number of nitrogens with zero attached hydrogens (tertiary/aromatic N) is 1. The number of benzene rings is 3. The van der Waals surface area contributed by atoms with E-state index in [1.165, 1.54) is 30.3 Å². The lowest BCUT2D eigenvalue weighted by Gasteiger charge is -2.26. The molecule has 1 unspecified atom stereocenters. The van der Waals surface area contributed by atoms with Crippen LogP contribution in [0.3, 0.4) is 0 Å². The third-order valence-corrected chi connectivity index (χ3v) is 5.22. The molecule has 0 saturated carbocycles. The number of hydrogen-bond donors (Lipinski definition) is 2. The van der Waals surface area contributed by atoms with Gasteiger partial charge in [-0.2, -0.15) is 0 Å². The first kappa shape index (κ1) is 21.1.